The Morgan fingerprint density at radius 2 is 1.88 bits per heavy atom. The van der Waals surface area contributed by atoms with Crippen molar-refractivity contribution >= 4 is 16.8 Å². The monoisotopic (exact) mass is 349 g/mol. The zero-order chi connectivity index (χ0) is 17.9. The van der Waals surface area contributed by atoms with Crippen LogP contribution in [-0.2, 0) is 6.54 Å². The van der Waals surface area contributed by atoms with Crippen LogP contribution in [0.15, 0.2) is 60.7 Å². The Bertz CT molecular complexity index is 857. The van der Waals surface area contributed by atoms with E-state index in [-0.39, 0.29) is 24.5 Å². The Labute approximate surface area is 152 Å². The molecule has 134 valence electrons. The second kappa shape index (κ2) is 7.32. The van der Waals surface area contributed by atoms with E-state index in [9.17, 15) is 9.90 Å². The SMILES string of the molecule is O=C(N[C@@H]1CN(Cc2ccccc2)C[C@H]1CO)c1cc2ccccc2[nH]1. The summed E-state index contributed by atoms with van der Waals surface area (Å²) in [6, 6.07) is 19.9. The number of nitrogens with one attached hydrogen (secondary N) is 2. The largest absolute Gasteiger partial charge is 0.396 e. The number of rotatable bonds is 5. The van der Waals surface area contributed by atoms with E-state index in [1.165, 1.54) is 5.56 Å². The van der Waals surface area contributed by atoms with Crippen molar-refractivity contribution in [2.24, 2.45) is 5.92 Å². The number of hydrogen-bond donors (Lipinski definition) is 3. The number of likely N-dealkylation sites (tertiary alicyclic amines) is 1. The van der Waals surface area contributed by atoms with Gasteiger partial charge in [-0.15, -0.1) is 0 Å². The number of aliphatic hydroxyl groups is 1. The van der Waals surface area contributed by atoms with E-state index < -0.39 is 0 Å². The number of carbonyl (C=O) groups excluding carboxylic acids is 1. The summed E-state index contributed by atoms with van der Waals surface area (Å²) in [6.07, 6.45) is 0. The first kappa shape index (κ1) is 16.8. The van der Waals surface area contributed by atoms with Gasteiger partial charge in [0.2, 0.25) is 0 Å². The molecule has 0 aliphatic carbocycles. The molecular formula is C21H23N3O2. The minimum atomic E-state index is -0.119. The van der Waals surface area contributed by atoms with Crippen LogP contribution in [0.4, 0.5) is 0 Å². The average molecular weight is 349 g/mol. The quantitative estimate of drug-likeness (QED) is 0.662. The third kappa shape index (κ3) is 3.49. The molecule has 26 heavy (non-hydrogen) atoms. The van der Waals surface area contributed by atoms with E-state index in [2.05, 4.69) is 27.3 Å². The molecule has 1 saturated heterocycles. The number of H-pyrrole nitrogens is 1. The fourth-order valence-corrected chi connectivity index (χ4v) is 3.72. The highest BCUT2D eigenvalue weighted by Crippen LogP contribution is 2.20. The van der Waals surface area contributed by atoms with Gasteiger partial charge < -0.3 is 15.4 Å². The Balaban J connectivity index is 1.43. The van der Waals surface area contributed by atoms with Crippen molar-refractivity contribution in [3.05, 3.63) is 71.9 Å². The fourth-order valence-electron chi connectivity index (χ4n) is 3.72. The molecule has 4 rings (SSSR count). The van der Waals surface area contributed by atoms with Crippen molar-refractivity contribution < 1.29 is 9.90 Å². The molecule has 1 aliphatic heterocycles. The van der Waals surface area contributed by atoms with Gasteiger partial charge in [0.25, 0.3) is 5.91 Å². The molecule has 1 fully saturated rings. The van der Waals surface area contributed by atoms with Gasteiger partial charge in [-0.05, 0) is 17.7 Å². The summed E-state index contributed by atoms with van der Waals surface area (Å²) in [7, 11) is 0. The first-order valence-corrected chi connectivity index (χ1v) is 8.98. The predicted molar refractivity (Wildman–Crippen MR) is 102 cm³/mol. The summed E-state index contributed by atoms with van der Waals surface area (Å²) < 4.78 is 0. The van der Waals surface area contributed by atoms with Crippen LogP contribution in [0.3, 0.4) is 0 Å². The summed E-state index contributed by atoms with van der Waals surface area (Å²) in [5.41, 5.74) is 2.75. The highest BCUT2D eigenvalue weighted by Gasteiger charge is 2.33. The fraction of sp³-hybridized carbons (Fsp3) is 0.286. The number of aliphatic hydroxyl groups excluding tert-OH is 1. The smallest absolute Gasteiger partial charge is 0.268 e. The van der Waals surface area contributed by atoms with E-state index in [4.69, 9.17) is 0 Å². The van der Waals surface area contributed by atoms with Crippen LogP contribution in [0.2, 0.25) is 0 Å². The zero-order valence-corrected chi connectivity index (χ0v) is 14.6. The van der Waals surface area contributed by atoms with E-state index in [1.807, 2.05) is 48.5 Å². The first-order chi connectivity index (χ1) is 12.7. The van der Waals surface area contributed by atoms with Crippen LogP contribution in [0.25, 0.3) is 10.9 Å². The number of hydrogen-bond acceptors (Lipinski definition) is 3. The summed E-state index contributed by atoms with van der Waals surface area (Å²) >= 11 is 0. The third-order valence-electron chi connectivity index (χ3n) is 5.09. The van der Waals surface area contributed by atoms with Gasteiger partial charge >= 0.3 is 0 Å². The van der Waals surface area contributed by atoms with Crippen LogP contribution in [0.1, 0.15) is 16.1 Å². The van der Waals surface area contributed by atoms with Gasteiger partial charge in [0.1, 0.15) is 5.69 Å². The normalized spacial score (nSPS) is 20.5. The lowest BCUT2D eigenvalue weighted by Gasteiger charge is -2.17. The molecule has 2 heterocycles. The summed E-state index contributed by atoms with van der Waals surface area (Å²) in [4.78, 5) is 18.1. The second-order valence-corrected chi connectivity index (χ2v) is 6.97. The lowest BCUT2D eigenvalue weighted by Crippen LogP contribution is -2.41. The number of nitrogens with zero attached hydrogens (tertiary/aromatic N) is 1. The molecular weight excluding hydrogens is 326 g/mol. The van der Waals surface area contributed by atoms with Gasteiger partial charge in [-0.3, -0.25) is 9.69 Å². The maximum Gasteiger partial charge on any atom is 0.268 e. The number of amides is 1. The van der Waals surface area contributed by atoms with E-state index in [1.54, 1.807) is 0 Å². The van der Waals surface area contributed by atoms with E-state index in [0.29, 0.717) is 5.69 Å². The van der Waals surface area contributed by atoms with Crippen molar-refractivity contribution in [3.8, 4) is 0 Å². The minimum Gasteiger partial charge on any atom is -0.396 e. The van der Waals surface area contributed by atoms with Crippen LogP contribution >= 0.6 is 0 Å². The lowest BCUT2D eigenvalue weighted by atomic mass is 10.1. The molecule has 5 nitrogen and oxygen atoms in total. The molecule has 3 N–H and O–H groups in total. The van der Waals surface area contributed by atoms with E-state index >= 15 is 0 Å². The molecule has 1 aromatic heterocycles. The predicted octanol–water partition coefficient (Wildman–Crippen LogP) is 2.39. The highest BCUT2D eigenvalue weighted by molar-refractivity contribution is 5.98. The van der Waals surface area contributed by atoms with Crippen molar-refractivity contribution in [2.75, 3.05) is 19.7 Å². The van der Waals surface area contributed by atoms with Crippen molar-refractivity contribution in [1.82, 2.24) is 15.2 Å². The minimum absolute atomic E-state index is 0.0482. The number of aromatic amines is 1. The molecule has 0 radical (unpaired) electrons. The Kier molecular flexibility index (Phi) is 4.73. The molecule has 0 bridgehead atoms. The second-order valence-electron chi connectivity index (χ2n) is 6.97. The third-order valence-corrected chi connectivity index (χ3v) is 5.09. The van der Waals surface area contributed by atoms with Crippen LogP contribution in [-0.4, -0.2) is 46.6 Å². The maximum atomic E-state index is 12.7. The van der Waals surface area contributed by atoms with Crippen LogP contribution < -0.4 is 5.32 Å². The first-order valence-electron chi connectivity index (χ1n) is 8.98. The Hall–Kier alpha value is -2.63. The molecule has 1 aliphatic rings. The summed E-state index contributed by atoms with van der Waals surface area (Å²) in [6.45, 7) is 2.42. The Morgan fingerprint density at radius 3 is 2.65 bits per heavy atom. The standard InChI is InChI=1S/C21H23N3O2/c25-14-17-12-24(11-15-6-2-1-3-7-15)13-20(17)23-21(26)19-10-16-8-4-5-9-18(16)22-19/h1-10,17,20,22,25H,11-14H2,(H,23,26)/t17-,20+/m0/s1. The van der Waals surface area contributed by atoms with Crippen LogP contribution in [0, 0.1) is 5.92 Å². The highest BCUT2D eigenvalue weighted by atomic mass is 16.3. The van der Waals surface area contributed by atoms with Crippen molar-refractivity contribution in [3.63, 3.8) is 0 Å². The molecule has 0 unspecified atom stereocenters. The van der Waals surface area contributed by atoms with Crippen molar-refractivity contribution in [1.29, 1.82) is 0 Å². The van der Waals surface area contributed by atoms with Gasteiger partial charge in [-0.25, -0.2) is 0 Å². The molecule has 1 amide bonds. The maximum absolute atomic E-state index is 12.7. The molecule has 3 aromatic rings. The van der Waals surface area contributed by atoms with Gasteiger partial charge in [0, 0.05) is 49.1 Å². The molecule has 0 saturated carbocycles. The zero-order valence-electron chi connectivity index (χ0n) is 14.6. The van der Waals surface area contributed by atoms with Gasteiger partial charge in [0.15, 0.2) is 0 Å². The molecule has 2 atom stereocenters. The van der Waals surface area contributed by atoms with E-state index in [0.717, 1.165) is 30.5 Å². The van der Waals surface area contributed by atoms with Gasteiger partial charge in [-0.2, -0.15) is 0 Å². The van der Waals surface area contributed by atoms with Crippen LogP contribution in [0.5, 0.6) is 0 Å². The number of fused-ring (bicyclic) bond motifs is 1. The number of para-hydroxylation sites is 1. The topological polar surface area (TPSA) is 68.4 Å². The van der Waals surface area contributed by atoms with Crippen molar-refractivity contribution in [2.45, 2.75) is 12.6 Å². The van der Waals surface area contributed by atoms with Gasteiger partial charge in [0.05, 0.1) is 0 Å². The summed E-state index contributed by atoms with van der Waals surface area (Å²) in [5, 5.41) is 13.9. The molecule has 2 aromatic carbocycles. The summed E-state index contributed by atoms with van der Waals surface area (Å²) in [5.74, 6) is -0.0711. The molecule has 5 heteroatoms. The molecule has 0 spiro atoms. The number of carbonyl (C=O) groups is 1. The van der Waals surface area contributed by atoms with Gasteiger partial charge in [-0.1, -0.05) is 48.5 Å². The number of benzene rings is 2. The Morgan fingerprint density at radius 1 is 1.12 bits per heavy atom. The number of aromatic nitrogens is 1. The average Bonchev–Trinajstić information content (AvgIpc) is 3.26. The lowest BCUT2D eigenvalue weighted by molar-refractivity contribution is 0.0917.